The third kappa shape index (κ3) is 12.8. The summed E-state index contributed by atoms with van der Waals surface area (Å²) in [6.07, 6.45) is 22.6. The van der Waals surface area contributed by atoms with Crippen LogP contribution in [0.4, 0.5) is 0 Å². The Morgan fingerprint density at radius 1 is 0.526 bits per heavy atom. The zero-order valence-electron chi connectivity index (χ0n) is 24.8. The molecule has 0 aliphatic carbocycles. The Balaban J connectivity index is 4.68. The summed E-state index contributed by atoms with van der Waals surface area (Å²) in [5.41, 5.74) is 0. The van der Waals surface area contributed by atoms with E-state index in [1.807, 2.05) is 0 Å². The molecule has 0 heterocycles. The summed E-state index contributed by atoms with van der Waals surface area (Å²) in [6, 6.07) is -3.19. The van der Waals surface area contributed by atoms with Gasteiger partial charge in [-0.3, -0.25) is 4.48 Å². The number of carboxylic acids is 3. The highest BCUT2D eigenvalue weighted by Gasteiger charge is 2.55. The highest BCUT2D eigenvalue weighted by atomic mass is 16.4. The van der Waals surface area contributed by atoms with Crippen LogP contribution < -0.4 is 0 Å². The molecule has 3 N–H and O–H groups in total. The summed E-state index contributed by atoms with van der Waals surface area (Å²) in [4.78, 5) is 36.7. The molecule has 0 bridgehead atoms. The molecule has 7 heteroatoms. The second-order valence-corrected chi connectivity index (χ2v) is 10.8. The molecule has 0 saturated heterocycles. The van der Waals surface area contributed by atoms with Crippen LogP contribution in [-0.2, 0) is 14.4 Å². The molecule has 0 saturated carbocycles. The SMILES string of the molecule is CCCCCCC/C=C/CCCCCCCCCC[N+](C(CC)C(=O)O)(C(CC)C(=O)O)C(CC)C(=O)O. The van der Waals surface area contributed by atoms with E-state index >= 15 is 0 Å². The van der Waals surface area contributed by atoms with Gasteiger partial charge >= 0.3 is 17.9 Å². The first-order chi connectivity index (χ1) is 18.2. The number of allylic oxidation sites excluding steroid dienone is 2. The van der Waals surface area contributed by atoms with E-state index in [9.17, 15) is 29.7 Å². The van der Waals surface area contributed by atoms with Crippen molar-refractivity contribution in [2.24, 2.45) is 0 Å². The Morgan fingerprint density at radius 3 is 1.16 bits per heavy atom. The van der Waals surface area contributed by atoms with E-state index in [4.69, 9.17) is 0 Å². The van der Waals surface area contributed by atoms with Gasteiger partial charge in [0.05, 0.1) is 6.54 Å². The van der Waals surface area contributed by atoms with Crippen molar-refractivity contribution in [3.05, 3.63) is 12.2 Å². The Kier molecular flexibility index (Phi) is 20.9. The summed E-state index contributed by atoms with van der Waals surface area (Å²) in [5, 5.41) is 30.0. The molecule has 0 aromatic carbocycles. The third-order valence-corrected chi connectivity index (χ3v) is 8.06. The molecule has 222 valence electrons. The molecular formula is C31H58NO6+. The second kappa shape index (κ2) is 22.0. The first kappa shape index (κ1) is 36.1. The van der Waals surface area contributed by atoms with Gasteiger partial charge in [-0.25, -0.2) is 14.4 Å². The molecule has 0 spiro atoms. The molecular weight excluding hydrogens is 482 g/mol. The van der Waals surface area contributed by atoms with Gasteiger partial charge in [0.25, 0.3) is 0 Å². The zero-order valence-corrected chi connectivity index (χ0v) is 24.8. The fourth-order valence-electron chi connectivity index (χ4n) is 6.09. The Labute approximate surface area is 232 Å². The van der Waals surface area contributed by atoms with Gasteiger partial charge in [-0.1, -0.05) is 97.6 Å². The van der Waals surface area contributed by atoms with Crippen molar-refractivity contribution >= 4 is 17.9 Å². The van der Waals surface area contributed by atoms with Crippen LogP contribution in [0.5, 0.6) is 0 Å². The average molecular weight is 541 g/mol. The van der Waals surface area contributed by atoms with E-state index in [-0.39, 0.29) is 25.8 Å². The first-order valence-electron chi connectivity index (χ1n) is 15.4. The highest BCUT2D eigenvalue weighted by Crippen LogP contribution is 2.32. The van der Waals surface area contributed by atoms with Crippen LogP contribution in [0, 0.1) is 0 Å². The number of unbranched alkanes of at least 4 members (excludes halogenated alkanes) is 13. The van der Waals surface area contributed by atoms with Gasteiger partial charge in [0.2, 0.25) is 0 Å². The van der Waals surface area contributed by atoms with E-state index in [1.54, 1.807) is 20.8 Å². The second-order valence-electron chi connectivity index (χ2n) is 10.8. The van der Waals surface area contributed by atoms with E-state index in [0.29, 0.717) is 6.42 Å². The Morgan fingerprint density at radius 2 is 0.842 bits per heavy atom. The summed E-state index contributed by atoms with van der Waals surface area (Å²) in [5.74, 6) is -3.35. The molecule has 0 aliphatic rings. The van der Waals surface area contributed by atoms with E-state index in [2.05, 4.69) is 19.1 Å². The number of quaternary nitrogens is 1. The van der Waals surface area contributed by atoms with Gasteiger partial charge in [0.15, 0.2) is 18.1 Å². The molecule has 0 aliphatic heterocycles. The van der Waals surface area contributed by atoms with Crippen LogP contribution in [0.1, 0.15) is 143 Å². The van der Waals surface area contributed by atoms with E-state index in [1.165, 1.54) is 57.8 Å². The molecule has 0 rings (SSSR count). The van der Waals surface area contributed by atoms with Crippen LogP contribution in [0.15, 0.2) is 12.2 Å². The quantitative estimate of drug-likeness (QED) is 0.0586. The molecule has 0 fully saturated rings. The van der Waals surface area contributed by atoms with Crippen LogP contribution in [-0.4, -0.2) is 62.4 Å². The normalized spacial score (nSPS) is 15.7. The smallest absolute Gasteiger partial charge is 0.362 e. The summed E-state index contributed by atoms with van der Waals surface area (Å²) in [7, 11) is 0. The number of nitrogens with zero attached hydrogens (tertiary/aromatic N) is 1. The fraction of sp³-hybridized carbons (Fsp3) is 0.839. The van der Waals surface area contributed by atoms with Crippen molar-refractivity contribution in [1.82, 2.24) is 0 Å². The van der Waals surface area contributed by atoms with Crippen LogP contribution in [0.25, 0.3) is 0 Å². The summed E-state index contributed by atoms with van der Waals surface area (Å²) < 4.78 is -0.407. The van der Waals surface area contributed by atoms with E-state index < -0.39 is 40.5 Å². The first-order valence-corrected chi connectivity index (χ1v) is 15.4. The largest absolute Gasteiger partial charge is 0.477 e. The van der Waals surface area contributed by atoms with Crippen LogP contribution >= 0.6 is 0 Å². The highest BCUT2D eigenvalue weighted by molar-refractivity contribution is 5.78. The predicted molar refractivity (Wildman–Crippen MR) is 154 cm³/mol. The molecule has 7 nitrogen and oxygen atoms in total. The van der Waals surface area contributed by atoms with E-state index in [0.717, 1.165) is 32.1 Å². The standard InChI is InChI=1S/C31H57NO6/c1-5-9-10-11-12-13-14-15-16-17-18-19-20-21-22-23-24-25-32(26(6-2)29(33)34,27(7-3)30(35)36)28(8-4)31(37)38/h14-15,26-28H,5-13,16-25H2,1-4H3,(H2-,33,34,35,36,37,38)/p+1/b15-14+. The number of aliphatic carboxylic acids is 3. The number of hydrogen-bond donors (Lipinski definition) is 3. The number of rotatable bonds is 26. The summed E-state index contributed by atoms with van der Waals surface area (Å²) >= 11 is 0. The molecule has 38 heavy (non-hydrogen) atoms. The lowest BCUT2D eigenvalue weighted by atomic mass is 9.93. The molecule has 0 aromatic heterocycles. The van der Waals surface area contributed by atoms with Gasteiger partial charge < -0.3 is 15.3 Å². The average Bonchev–Trinajstić information content (AvgIpc) is 2.86. The minimum atomic E-state index is -1.12. The van der Waals surface area contributed by atoms with Crippen molar-refractivity contribution in [3.8, 4) is 0 Å². The van der Waals surface area contributed by atoms with Crippen molar-refractivity contribution < 1.29 is 34.2 Å². The molecule has 3 unspecified atom stereocenters. The maximum absolute atomic E-state index is 12.2. The lowest BCUT2D eigenvalue weighted by Crippen LogP contribution is -2.72. The lowest BCUT2D eigenvalue weighted by molar-refractivity contribution is -0.973. The zero-order chi connectivity index (χ0) is 28.8. The third-order valence-electron chi connectivity index (χ3n) is 8.06. The molecule has 0 aromatic rings. The van der Waals surface area contributed by atoms with Crippen molar-refractivity contribution in [3.63, 3.8) is 0 Å². The maximum Gasteiger partial charge on any atom is 0.362 e. The van der Waals surface area contributed by atoms with Gasteiger partial charge in [0, 0.05) is 19.3 Å². The van der Waals surface area contributed by atoms with Crippen LogP contribution in [0.2, 0.25) is 0 Å². The van der Waals surface area contributed by atoms with Crippen molar-refractivity contribution in [2.45, 2.75) is 161 Å². The van der Waals surface area contributed by atoms with Gasteiger partial charge in [-0.2, -0.15) is 0 Å². The Hall–Kier alpha value is -1.89. The fourth-order valence-corrected chi connectivity index (χ4v) is 6.09. The summed E-state index contributed by atoms with van der Waals surface area (Å²) in [6.45, 7) is 7.62. The lowest BCUT2D eigenvalue weighted by Gasteiger charge is -2.49. The maximum atomic E-state index is 12.2. The van der Waals surface area contributed by atoms with Crippen molar-refractivity contribution in [1.29, 1.82) is 0 Å². The van der Waals surface area contributed by atoms with Gasteiger partial charge in [-0.05, 0) is 38.5 Å². The molecule has 0 radical (unpaired) electrons. The van der Waals surface area contributed by atoms with Gasteiger partial charge in [-0.15, -0.1) is 0 Å². The predicted octanol–water partition coefficient (Wildman–Crippen LogP) is 7.82. The minimum Gasteiger partial charge on any atom is -0.477 e. The van der Waals surface area contributed by atoms with Crippen molar-refractivity contribution in [2.75, 3.05) is 6.54 Å². The number of hydrogen-bond acceptors (Lipinski definition) is 3. The topological polar surface area (TPSA) is 112 Å². The molecule has 3 atom stereocenters. The number of carboxylic acid groups (broad SMARTS) is 3. The number of carbonyl (C=O) groups is 3. The monoisotopic (exact) mass is 540 g/mol. The Bertz CT molecular complexity index is 622. The van der Waals surface area contributed by atoms with Gasteiger partial charge in [0.1, 0.15) is 0 Å². The minimum absolute atomic E-state index is 0.192. The molecule has 0 amide bonds. The van der Waals surface area contributed by atoms with Crippen LogP contribution in [0.3, 0.4) is 0 Å².